The molecule has 1 aliphatic heterocycles. The summed E-state index contributed by atoms with van der Waals surface area (Å²) in [5, 5.41) is 11.3. The van der Waals surface area contributed by atoms with E-state index in [1.807, 2.05) is 11.9 Å². The molecule has 0 saturated carbocycles. The van der Waals surface area contributed by atoms with E-state index in [1.165, 1.54) is 16.4 Å². The van der Waals surface area contributed by atoms with Crippen LogP contribution in [0.1, 0.15) is 11.1 Å². The second kappa shape index (κ2) is 7.40. The van der Waals surface area contributed by atoms with E-state index in [4.69, 9.17) is 5.73 Å². The molecule has 0 bridgehead atoms. The van der Waals surface area contributed by atoms with E-state index >= 15 is 0 Å². The standard InChI is InChI=1S/C19H23N3O4S/c1-21-11-13-22(14-12-21)27(25,26)17-10-6-5-9-16(17)19(24,18(20)23)15-7-3-2-4-8-15/h2-10,24H,11-14H2,1H3,(H2,20,23). The number of likely N-dealkylation sites (N-methyl/N-ethyl adjacent to an activating group) is 1. The van der Waals surface area contributed by atoms with E-state index in [-0.39, 0.29) is 16.0 Å². The number of benzene rings is 2. The molecule has 27 heavy (non-hydrogen) atoms. The van der Waals surface area contributed by atoms with Crippen LogP contribution in [-0.2, 0) is 20.4 Å². The monoisotopic (exact) mass is 389 g/mol. The van der Waals surface area contributed by atoms with Crippen molar-refractivity contribution in [1.29, 1.82) is 0 Å². The van der Waals surface area contributed by atoms with Crippen LogP contribution < -0.4 is 5.73 Å². The molecular formula is C19H23N3O4S. The molecule has 2 aromatic rings. The molecule has 144 valence electrons. The molecule has 8 heteroatoms. The van der Waals surface area contributed by atoms with Crippen LogP contribution in [0.4, 0.5) is 0 Å². The minimum Gasteiger partial charge on any atom is -0.372 e. The lowest BCUT2D eigenvalue weighted by Crippen LogP contribution is -2.48. The third kappa shape index (κ3) is 3.49. The Morgan fingerprint density at radius 1 is 1.00 bits per heavy atom. The van der Waals surface area contributed by atoms with Crippen LogP contribution in [-0.4, -0.2) is 61.9 Å². The van der Waals surface area contributed by atoms with Gasteiger partial charge in [0, 0.05) is 31.7 Å². The van der Waals surface area contributed by atoms with Gasteiger partial charge in [0.15, 0.2) is 5.60 Å². The van der Waals surface area contributed by atoms with Crippen LogP contribution in [0.25, 0.3) is 0 Å². The average Bonchev–Trinajstić information content (AvgIpc) is 2.68. The van der Waals surface area contributed by atoms with Crippen molar-refractivity contribution >= 4 is 15.9 Å². The van der Waals surface area contributed by atoms with Gasteiger partial charge >= 0.3 is 0 Å². The molecule has 1 fully saturated rings. The number of hydrogen-bond donors (Lipinski definition) is 2. The minimum atomic E-state index is -3.90. The smallest absolute Gasteiger partial charge is 0.258 e. The Morgan fingerprint density at radius 3 is 2.15 bits per heavy atom. The van der Waals surface area contributed by atoms with Gasteiger partial charge in [-0.2, -0.15) is 4.31 Å². The topological polar surface area (TPSA) is 104 Å². The van der Waals surface area contributed by atoms with Gasteiger partial charge in [-0.25, -0.2) is 8.42 Å². The van der Waals surface area contributed by atoms with E-state index in [0.717, 1.165) is 0 Å². The number of amides is 1. The lowest BCUT2D eigenvalue weighted by atomic mass is 9.85. The van der Waals surface area contributed by atoms with Crippen LogP contribution in [0.15, 0.2) is 59.5 Å². The fourth-order valence-electron chi connectivity index (χ4n) is 3.27. The highest BCUT2D eigenvalue weighted by Crippen LogP contribution is 2.35. The van der Waals surface area contributed by atoms with E-state index in [9.17, 15) is 18.3 Å². The van der Waals surface area contributed by atoms with Crippen LogP contribution in [0.5, 0.6) is 0 Å². The first-order chi connectivity index (χ1) is 12.8. The SMILES string of the molecule is CN1CCN(S(=O)(=O)c2ccccc2C(O)(C(N)=O)c2ccccc2)CC1. The van der Waals surface area contributed by atoms with Crippen LogP contribution in [0.3, 0.4) is 0 Å². The number of primary amides is 1. The summed E-state index contributed by atoms with van der Waals surface area (Å²) in [6, 6.07) is 14.1. The fourth-order valence-corrected chi connectivity index (χ4v) is 4.93. The Morgan fingerprint density at radius 2 is 1.56 bits per heavy atom. The van der Waals surface area contributed by atoms with E-state index in [1.54, 1.807) is 42.5 Å². The van der Waals surface area contributed by atoms with Crippen molar-refractivity contribution in [3.05, 3.63) is 65.7 Å². The number of carbonyl (C=O) groups is 1. The summed E-state index contributed by atoms with van der Waals surface area (Å²) in [5.74, 6) is -1.03. The van der Waals surface area contributed by atoms with E-state index in [2.05, 4.69) is 0 Å². The largest absolute Gasteiger partial charge is 0.372 e. The highest BCUT2D eigenvalue weighted by atomic mass is 32.2. The zero-order chi connectivity index (χ0) is 19.7. The zero-order valence-electron chi connectivity index (χ0n) is 15.1. The molecule has 1 atom stereocenters. The molecular weight excluding hydrogens is 366 g/mol. The molecule has 2 aromatic carbocycles. The van der Waals surface area contributed by atoms with Gasteiger partial charge in [-0.1, -0.05) is 48.5 Å². The molecule has 0 aromatic heterocycles. The summed E-state index contributed by atoms with van der Waals surface area (Å²) in [7, 11) is -1.97. The van der Waals surface area contributed by atoms with Crippen molar-refractivity contribution in [3.8, 4) is 0 Å². The predicted octanol–water partition coefficient (Wildman–Crippen LogP) is 0.344. The number of nitrogens with two attached hydrogens (primary N) is 1. The van der Waals surface area contributed by atoms with Gasteiger partial charge in [-0.15, -0.1) is 0 Å². The highest BCUT2D eigenvalue weighted by molar-refractivity contribution is 7.89. The summed E-state index contributed by atoms with van der Waals surface area (Å²) in [6.45, 7) is 1.90. The van der Waals surface area contributed by atoms with Crippen molar-refractivity contribution in [2.75, 3.05) is 33.2 Å². The number of rotatable bonds is 5. The van der Waals surface area contributed by atoms with Crippen molar-refractivity contribution in [1.82, 2.24) is 9.21 Å². The van der Waals surface area contributed by atoms with Crippen LogP contribution in [0, 0.1) is 0 Å². The Kier molecular flexibility index (Phi) is 5.34. The van der Waals surface area contributed by atoms with E-state index < -0.39 is 21.5 Å². The summed E-state index contributed by atoms with van der Waals surface area (Å²) in [6.07, 6.45) is 0. The molecule has 1 aliphatic rings. The van der Waals surface area contributed by atoms with Crippen LogP contribution >= 0.6 is 0 Å². The average molecular weight is 389 g/mol. The predicted molar refractivity (Wildman–Crippen MR) is 101 cm³/mol. The lowest BCUT2D eigenvalue weighted by molar-refractivity contribution is -0.133. The van der Waals surface area contributed by atoms with Crippen molar-refractivity contribution < 1.29 is 18.3 Å². The van der Waals surface area contributed by atoms with Crippen molar-refractivity contribution in [2.24, 2.45) is 5.73 Å². The Labute approximate surface area is 159 Å². The molecule has 3 N–H and O–H groups in total. The molecule has 3 rings (SSSR count). The maximum absolute atomic E-state index is 13.3. The highest BCUT2D eigenvalue weighted by Gasteiger charge is 2.43. The van der Waals surface area contributed by atoms with Gasteiger partial charge in [0.25, 0.3) is 5.91 Å². The van der Waals surface area contributed by atoms with Gasteiger partial charge in [-0.05, 0) is 18.7 Å². The van der Waals surface area contributed by atoms with E-state index in [0.29, 0.717) is 26.2 Å². The number of carbonyl (C=O) groups excluding carboxylic acids is 1. The summed E-state index contributed by atoms with van der Waals surface area (Å²) < 4.78 is 27.9. The summed E-state index contributed by atoms with van der Waals surface area (Å²) in [5.41, 5.74) is 3.47. The number of aliphatic hydroxyl groups is 1. The van der Waals surface area contributed by atoms with Gasteiger partial charge in [0.05, 0.1) is 4.90 Å². The molecule has 1 unspecified atom stereocenters. The zero-order valence-corrected chi connectivity index (χ0v) is 15.9. The van der Waals surface area contributed by atoms with Crippen molar-refractivity contribution in [2.45, 2.75) is 10.5 Å². The third-order valence-corrected chi connectivity index (χ3v) is 6.86. The molecule has 0 radical (unpaired) electrons. The lowest BCUT2D eigenvalue weighted by Gasteiger charge is -2.33. The van der Waals surface area contributed by atoms with Gasteiger partial charge in [0.2, 0.25) is 10.0 Å². The van der Waals surface area contributed by atoms with Gasteiger partial charge in [0.1, 0.15) is 0 Å². The number of hydrogen-bond acceptors (Lipinski definition) is 5. The number of nitrogens with zero attached hydrogens (tertiary/aromatic N) is 2. The summed E-state index contributed by atoms with van der Waals surface area (Å²) in [4.78, 5) is 14.2. The second-order valence-corrected chi connectivity index (χ2v) is 8.55. The second-order valence-electron chi connectivity index (χ2n) is 6.64. The minimum absolute atomic E-state index is 0.0392. The first kappa shape index (κ1) is 19.5. The Bertz CT molecular complexity index is 925. The fraction of sp³-hybridized carbons (Fsp3) is 0.316. The first-order valence-electron chi connectivity index (χ1n) is 8.64. The Hall–Kier alpha value is -2.26. The molecule has 0 spiro atoms. The molecule has 1 heterocycles. The number of piperazine rings is 1. The Balaban J connectivity index is 2.14. The maximum atomic E-state index is 13.3. The van der Waals surface area contributed by atoms with Crippen molar-refractivity contribution in [3.63, 3.8) is 0 Å². The molecule has 0 aliphatic carbocycles. The molecule has 1 saturated heterocycles. The number of sulfonamides is 1. The normalized spacial score (nSPS) is 18.7. The maximum Gasteiger partial charge on any atom is 0.258 e. The van der Waals surface area contributed by atoms with Gasteiger partial charge in [-0.3, -0.25) is 4.79 Å². The quantitative estimate of drug-likeness (QED) is 0.768. The first-order valence-corrected chi connectivity index (χ1v) is 10.1. The summed E-state index contributed by atoms with van der Waals surface area (Å²) >= 11 is 0. The molecule has 7 nitrogen and oxygen atoms in total. The molecule has 1 amide bonds. The van der Waals surface area contributed by atoms with Gasteiger partial charge < -0.3 is 15.7 Å². The third-order valence-electron chi connectivity index (χ3n) is 4.91. The van der Waals surface area contributed by atoms with Crippen LogP contribution in [0.2, 0.25) is 0 Å².